The van der Waals surface area contributed by atoms with Crippen molar-refractivity contribution in [3.8, 4) is 0 Å². The number of carbonyl (C=O) groups excluding carboxylic acids is 5. The van der Waals surface area contributed by atoms with E-state index >= 15 is 0 Å². The minimum Gasteiger partial charge on any atom is -0.444 e. The molecule has 0 bridgehead atoms. The molecule has 2 fully saturated rings. The van der Waals surface area contributed by atoms with Crippen molar-refractivity contribution in [2.75, 3.05) is 13.2 Å². The molecule has 4 aliphatic rings. The van der Waals surface area contributed by atoms with Gasteiger partial charge in [-0.25, -0.2) is 19.5 Å². The number of nitrogens with zero attached hydrogens (tertiary/aromatic N) is 2. The van der Waals surface area contributed by atoms with E-state index in [0.717, 1.165) is 19.3 Å². The minimum absolute atomic E-state index is 0.0336. The van der Waals surface area contributed by atoms with Gasteiger partial charge in [-0.05, 0) is 63.5 Å². The summed E-state index contributed by atoms with van der Waals surface area (Å²) in [5.74, 6) is -2.31. The lowest BCUT2D eigenvalue weighted by Gasteiger charge is -2.30. The Bertz CT molecular complexity index is 1540. The van der Waals surface area contributed by atoms with Gasteiger partial charge in [0.25, 0.3) is 5.91 Å². The highest BCUT2D eigenvalue weighted by atomic mass is 19.1. The van der Waals surface area contributed by atoms with Crippen LogP contribution in [0.5, 0.6) is 0 Å². The second-order valence-corrected chi connectivity index (χ2v) is 16.3. The fourth-order valence-electron chi connectivity index (χ4n) is 6.75. The summed E-state index contributed by atoms with van der Waals surface area (Å²) in [7, 11) is 0. The Balaban J connectivity index is 1.38. The molecular weight excluding hydrogens is 661 g/mol. The van der Waals surface area contributed by atoms with E-state index in [9.17, 15) is 28.4 Å². The number of ether oxygens (including phenoxy) is 2. The Morgan fingerprint density at radius 1 is 1.06 bits per heavy atom. The van der Waals surface area contributed by atoms with Crippen LogP contribution in [0.25, 0.3) is 0 Å². The first-order valence-corrected chi connectivity index (χ1v) is 17.9. The third kappa shape index (κ3) is 9.57. The summed E-state index contributed by atoms with van der Waals surface area (Å²) >= 11 is 0. The first kappa shape index (κ1) is 38.0. The number of hydrogen-bond acceptors (Lipinski definition) is 8. The van der Waals surface area contributed by atoms with Crippen molar-refractivity contribution in [1.29, 1.82) is 0 Å². The van der Waals surface area contributed by atoms with Crippen LogP contribution in [0.3, 0.4) is 0 Å². The number of fused-ring (bicyclic) bond motifs is 3. The number of rotatable bonds is 5. The number of amides is 5. The SMILES string of the molecule is CC(C)(C)CONC(=O)[C@@]12C[C@H]1/C=C\CCCCC[C@H](NC(=O)OC(C)(C)C)C(=O)N1C[C@H](OC(=O)N3Cc4cccc(F)c4C3)C[C@H]1C(=O)N2. The summed E-state index contributed by atoms with van der Waals surface area (Å²) < 4.78 is 25.7. The molecule has 1 saturated carbocycles. The number of alkyl carbamates (subject to hydrolysis) is 1. The van der Waals surface area contributed by atoms with Crippen LogP contribution < -0.4 is 16.1 Å². The molecule has 280 valence electrons. The van der Waals surface area contributed by atoms with E-state index in [1.54, 1.807) is 32.9 Å². The molecule has 5 amide bonds. The average Bonchev–Trinajstić information content (AvgIpc) is 3.33. The highest BCUT2D eigenvalue weighted by Gasteiger charge is 2.61. The molecule has 14 heteroatoms. The Morgan fingerprint density at radius 3 is 2.53 bits per heavy atom. The van der Waals surface area contributed by atoms with Gasteiger partial charge in [0.1, 0.15) is 35.1 Å². The lowest BCUT2D eigenvalue weighted by Crippen LogP contribution is -2.58. The number of hydroxylamine groups is 1. The monoisotopic (exact) mass is 713 g/mol. The van der Waals surface area contributed by atoms with Crippen molar-refractivity contribution >= 4 is 29.9 Å². The maximum atomic E-state index is 14.4. The van der Waals surface area contributed by atoms with Crippen molar-refractivity contribution in [3.63, 3.8) is 0 Å². The van der Waals surface area contributed by atoms with Gasteiger partial charge >= 0.3 is 12.2 Å². The molecule has 0 radical (unpaired) electrons. The van der Waals surface area contributed by atoms with E-state index in [2.05, 4.69) is 16.1 Å². The fourth-order valence-corrected chi connectivity index (χ4v) is 6.75. The molecule has 1 aromatic carbocycles. The van der Waals surface area contributed by atoms with Crippen LogP contribution in [0, 0.1) is 17.2 Å². The summed E-state index contributed by atoms with van der Waals surface area (Å²) in [6.07, 6.45) is 5.16. The molecule has 13 nitrogen and oxygen atoms in total. The Hall–Kier alpha value is -4.20. The number of halogens is 1. The average molecular weight is 714 g/mol. The second-order valence-electron chi connectivity index (χ2n) is 16.3. The summed E-state index contributed by atoms with van der Waals surface area (Å²) in [6, 6.07) is 2.53. The first-order chi connectivity index (χ1) is 24.0. The van der Waals surface area contributed by atoms with E-state index in [-0.39, 0.29) is 44.0 Å². The Kier molecular flexibility index (Phi) is 11.3. The normalized spacial score (nSPS) is 27.5. The Morgan fingerprint density at radius 2 is 1.82 bits per heavy atom. The molecular formula is C37H52FN5O8. The third-order valence-corrected chi connectivity index (χ3v) is 9.46. The molecule has 5 rings (SSSR count). The number of benzene rings is 1. The van der Waals surface area contributed by atoms with Crippen LogP contribution in [0.1, 0.15) is 97.6 Å². The van der Waals surface area contributed by atoms with Gasteiger partial charge in [-0.2, -0.15) is 0 Å². The quantitative estimate of drug-likeness (QED) is 0.295. The molecule has 0 aromatic heterocycles. The van der Waals surface area contributed by atoms with Crippen molar-refractivity contribution in [1.82, 2.24) is 25.9 Å². The van der Waals surface area contributed by atoms with E-state index in [4.69, 9.17) is 14.3 Å². The number of allylic oxidation sites excluding steroid dienone is 1. The lowest BCUT2D eigenvalue weighted by atomic mass is 9.99. The van der Waals surface area contributed by atoms with Gasteiger partial charge in [0.15, 0.2) is 0 Å². The summed E-state index contributed by atoms with van der Waals surface area (Å²) in [5, 5.41) is 5.64. The zero-order valence-corrected chi connectivity index (χ0v) is 30.5. The van der Waals surface area contributed by atoms with Crippen LogP contribution in [0.15, 0.2) is 30.4 Å². The predicted octanol–water partition coefficient (Wildman–Crippen LogP) is 4.63. The maximum Gasteiger partial charge on any atom is 0.410 e. The van der Waals surface area contributed by atoms with Crippen LogP contribution in [0.4, 0.5) is 14.0 Å². The summed E-state index contributed by atoms with van der Waals surface area (Å²) in [6.45, 7) is 11.4. The molecule has 1 saturated heterocycles. The molecule has 3 heterocycles. The smallest absolute Gasteiger partial charge is 0.410 e. The van der Waals surface area contributed by atoms with Gasteiger partial charge in [0.05, 0.1) is 19.7 Å². The van der Waals surface area contributed by atoms with Gasteiger partial charge < -0.3 is 25.0 Å². The number of hydrogen-bond donors (Lipinski definition) is 3. The highest BCUT2D eigenvalue weighted by molar-refractivity contribution is 5.98. The minimum atomic E-state index is -1.30. The van der Waals surface area contributed by atoms with Gasteiger partial charge in [0.2, 0.25) is 11.8 Å². The zero-order valence-electron chi connectivity index (χ0n) is 30.5. The molecule has 51 heavy (non-hydrogen) atoms. The van der Waals surface area contributed by atoms with Crippen molar-refractivity contribution in [2.24, 2.45) is 11.3 Å². The van der Waals surface area contributed by atoms with E-state index in [0.29, 0.717) is 30.4 Å². The van der Waals surface area contributed by atoms with Gasteiger partial charge in [-0.1, -0.05) is 57.9 Å². The summed E-state index contributed by atoms with van der Waals surface area (Å²) in [4.78, 5) is 76.5. The third-order valence-electron chi connectivity index (χ3n) is 9.46. The molecule has 5 atom stereocenters. The summed E-state index contributed by atoms with van der Waals surface area (Å²) in [5.41, 5.74) is 1.30. The largest absolute Gasteiger partial charge is 0.444 e. The molecule has 1 aliphatic carbocycles. The molecule has 3 aliphatic heterocycles. The molecule has 1 aromatic rings. The molecule has 0 spiro atoms. The van der Waals surface area contributed by atoms with Gasteiger partial charge in [0, 0.05) is 24.4 Å². The van der Waals surface area contributed by atoms with Crippen molar-refractivity contribution in [2.45, 2.75) is 129 Å². The van der Waals surface area contributed by atoms with Crippen LogP contribution in [0.2, 0.25) is 0 Å². The van der Waals surface area contributed by atoms with Crippen LogP contribution >= 0.6 is 0 Å². The van der Waals surface area contributed by atoms with Gasteiger partial charge in [-0.15, -0.1) is 0 Å². The van der Waals surface area contributed by atoms with E-state index < -0.39 is 65.1 Å². The van der Waals surface area contributed by atoms with Gasteiger partial charge in [-0.3, -0.25) is 24.1 Å². The zero-order chi connectivity index (χ0) is 37.1. The standard InChI is InChI=1S/C37H52FN5O8/c1-35(2,3)22-49-41-32(46)37-18-24(37)14-10-8-7-9-11-16-28(39-33(47)51-36(4,5)6)31(45)43-20-25(17-29(43)30(44)40-37)50-34(48)42-19-23-13-12-15-27(38)26(23)21-42/h10,12-15,24-25,28-29H,7-9,11,16-22H2,1-6H3,(H,39,47)(H,40,44)(H,41,46)/b14-10-/t24-,25-,28+,29+,37-/m1/s1. The predicted molar refractivity (Wildman–Crippen MR) is 184 cm³/mol. The van der Waals surface area contributed by atoms with Crippen molar-refractivity contribution < 1.29 is 42.7 Å². The molecule has 0 unspecified atom stereocenters. The number of carbonyl (C=O) groups is 5. The topological polar surface area (TPSA) is 156 Å². The van der Waals surface area contributed by atoms with E-state index in [1.807, 2.05) is 32.9 Å². The van der Waals surface area contributed by atoms with Crippen molar-refractivity contribution in [3.05, 3.63) is 47.3 Å². The van der Waals surface area contributed by atoms with Crippen LogP contribution in [-0.4, -0.2) is 82.2 Å². The lowest BCUT2D eigenvalue weighted by molar-refractivity contribution is -0.144. The Labute approximate surface area is 298 Å². The number of nitrogens with one attached hydrogen (secondary N) is 3. The fraction of sp³-hybridized carbons (Fsp3) is 0.649. The molecule has 3 N–H and O–H groups in total. The van der Waals surface area contributed by atoms with Crippen LogP contribution in [-0.2, 0) is 41.8 Å². The first-order valence-electron chi connectivity index (χ1n) is 17.9. The second kappa shape index (κ2) is 15.2. The van der Waals surface area contributed by atoms with E-state index in [1.165, 1.54) is 15.9 Å². The maximum absolute atomic E-state index is 14.4. The highest BCUT2D eigenvalue weighted by Crippen LogP contribution is 2.45.